The van der Waals surface area contributed by atoms with Crippen LogP contribution in [0.3, 0.4) is 0 Å². The van der Waals surface area contributed by atoms with E-state index in [-0.39, 0.29) is 18.4 Å². The van der Waals surface area contributed by atoms with Gasteiger partial charge in [0.15, 0.2) is 6.61 Å². The van der Waals surface area contributed by atoms with Crippen molar-refractivity contribution in [3.8, 4) is 5.75 Å². The molecule has 5 rings (SSSR count). The number of carbonyl (C=O) groups is 2. The Morgan fingerprint density at radius 1 is 0.967 bits per heavy atom. The number of nitrogens with one attached hydrogen (secondary N) is 1. The SMILES string of the molecule is O=C1COc2ccc(C(=O)N3CCN(Cc4cccc5ccccc45)CC3)cc2N1. The van der Waals surface area contributed by atoms with E-state index in [9.17, 15) is 9.59 Å². The molecular formula is C24H23N3O3. The molecular weight excluding hydrogens is 378 g/mol. The maximum absolute atomic E-state index is 13.0. The fourth-order valence-corrected chi connectivity index (χ4v) is 4.18. The highest BCUT2D eigenvalue weighted by Crippen LogP contribution is 2.29. The molecule has 1 N–H and O–H groups in total. The van der Waals surface area contributed by atoms with Gasteiger partial charge >= 0.3 is 0 Å². The van der Waals surface area contributed by atoms with Crippen LogP contribution in [-0.4, -0.2) is 54.4 Å². The lowest BCUT2D eigenvalue weighted by molar-refractivity contribution is -0.118. The summed E-state index contributed by atoms with van der Waals surface area (Å²) >= 11 is 0. The van der Waals surface area contributed by atoms with Crippen LogP contribution in [0.2, 0.25) is 0 Å². The average molecular weight is 401 g/mol. The van der Waals surface area contributed by atoms with Crippen LogP contribution in [-0.2, 0) is 11.3 Å². The molecule has 0 atom stereocenters. The zero-order valence-corrected chi connectivity index (χ0v) is 16.6. The van der Waals surface area contributed by atoms with Crippen molar-refractivity contribution >= 4 is 28.3 Å². The van der Waals surface area contributed by atoms with E-state index in [1.807, 2.05) is 4.90 Å². The van der Waals surface area contributed by atoms with Crippen molar-refractivity contribution < 1.29 is 14.3 Å². The minimum atomic E-state index is -0.200. The molecule has 2 amide bonds. The van der Waals surface area contributed by atoms with E-state index in [4.69, 9.17) is 4.74 Å². The van der Waals surface area contributed by atoms with Gasteiger partial charge in [-0.2, -0.15) is 0 Å². The Hall–Kier alpha value is -3.38. The van der Waals surface area contributed by atoms with E-state index < -0.39 is 0 Å². The van der Waals surface area contributed by atoms with E-state index in [0.717, 1.165) is 19.6 Å². The zero-order valence-electron chi connectivity index (χ0n) is 16.6. The molecule has 1 fully saturated rings. The number of ether oxygens (including phenoxy) is 1. The summed E-state index contributed by atoms with van der Waals surface area (Å²) in [5.74, 6) is 0.391. The van der Waals surface area contributed by atoms with E-state index in [1.54, 1.807) is 18.2 Å². The number of fused-ring (bicyclic) bond motifs is 2. The molecule has 2 heterocycles. The third kappa shape index (κ3) is 3.62. The first kappa shape index (κ1) is 18.6. The number of piperazine rings is 1. The van der Waals surface area contributed by atoms with Crippen molar-refractivity contribution in [3.05, 3.63) is 71.8 Å². The fraction of sp³-hybridized carbons (Fsp3) is 0.250. The largest absolute Gasteiger partial charge is 0.482 e. The maximum atomic E-state index is 13.0. The van der Waals surface area contributed by atoms with Crippen LogP contribution in [0.5, 0.6) is 5.75 Å². The Morgan fingerprint density at radius 2 is 1.77 bits per heavy atom. The van der Waals surface area contributed by atoms with E-state index >= 15 is 0 Å². The number of hydrogen-bond acceptors (Lipinski definition) is 4. The van der Waals surface area contributed by atoms with E-state index in [0.29, 0.717) is 30.1 Å². The van der Waals surface area contributed by atoms with Crippen molar-refractivity contribution in [3.63, 3.8) is 0 Å². The molecule has 152 valence electrons. The summed E-state index contributed by atoms with van der Waals surface area (Å²) in [6.07, 6.45) is 0. The molecule has 2 aliphatic rings. The van der Waals surface area contributed by atoms with Crippen LogP contribution in [0.1, 0.15) is 15.9 Å². The van der Waals surface area contributed by atoms with Gasteiger partial charge in [0, 0.05) is 38.3 Å². The summed E-state index contributed by atoms with van der Waals surface area (Å²) in [7, 11) is 0. The van der Waals surface area contributed by atoms with Crippen molar-refractivity contribution in [2.24, 2.45) is 0 Å². The lowest BCUT2D eigenvalue weighted by Crippen LogP contribution is -2.48. The van der Waals surface area contributed by atoms with Crippen LogP contribution in [0.4, 0.5) is 5.69 Å². The zero-order chi connectivity index (χ0) is 20.5. The van der Waals surface area contributed by atoms with Crippen molar-refractivity contribution in [2.75, 3.05) is 38.1 Å². The molecule has 30 heavy (non-hydrogen) atoms. The quantitative estimate of drug-likeness (QED) is 0.733. The molecule has 0 saturated carbocycles. The van der Waals surface area contributed by atoms with Gasteiger partial charge in [-0.15, -0.1) is 0 Å². The van der Waals surface area contributed by atoms with Crippen LogP contribution in [0.25, 0.3) is 10.8 Å². The van der Waals surface area contributed by atoms with Gasteiger partial charge in [-0.25, -0.2) is 0 Å². The first-order valence-electron chi connectivity index (χ1n) is 10.2. The summed E-state index contributed by atoms with van der Waals surface area (Å²) in [4.78, 5) is 28.8. The Bertz CT molecular complexity index is 1110. The van der Waals surface area contributed by atoms with Crippen molar-refractivity contribution in [2.45, 2.75) is 6.54 Å². The minimum absolute atomic E-state index is 0.0116. The molecule has 6 heteroatoms. The maximum Gasteiger partial charge on any atom is 0.262 e. The molecule has 1 saturated heterocycles. The van der Waals surface area contributed by atoms with Crippen molar-refractivity contribution in [1.82, 2.24) is 9.80 Å². The van der Waals surface area contributed by atoms with E-state index in [1.165, 1.54) is 16.3 Å². The lowest BCUT2D eigenvalue weighted by Gasteiger charge is -2.35. The summed E-state index contributed by atoms with van der Waals surface area (Å²) < 4.78 is 5.37. The highest BCUT2D eigenvalue weighted by atomic mass is 16.5. The predicted molar refractivity (Wildman–Crippen MR) is 116 cm³/mol. The van der Waals surface area contributed by atoms with Gasteiger partial charge in [0.05, 0.1) is 5.69 Å². The molecule has 0 spiro atoms. The standard InChI is InChI=1S/C24H23N3O3/c28-23-16-30-22-9-8-18(14-21(22)25-23)24(29)27-12-10-26(11-13-27)15-19-6-3-5-17-4-1-2-7-20(17)19/h1-9,14H,10-13,15-16H2,(H,25,28). The van der Waals surface area contributed by atoms with Crippen LogP contribution >= 0.6 is 0 Å². The monoisotopic (exact) mass is 401 g/mol. The van der Waals surface area contributed by atoms with E-state index in [2.05, 4.69) is 52.7 Å². The second kappa shape index (κ2) is 7.80. The van der Waals surface area contributed by atoms with Crippen LogP contribution in [0, 0.1) is 0 Å². The predicted octanol–water partition coefficient (Wildman–Crippen LogP) is 3.13. The molecule has 3 aromatic rings. The molecule has 0 aromatic heterocycles. The van der Waals surface area contributed by atoms with Gasteiger partial charge in [0.2, 0.25) is 0 Å². The summed E-state index contributed by atoms with van der Waals surface area (Å²) in [5.41, 5.74) is 2.45. The molecule has 0 unspecified atom stereocenters. The second-order valence-electron chi connectivity index (χ2n) is 7.75. The first-order chi connectivity index (χ1) is 14.7. The van der Waals surface area contributed by atoms with Gasteiger partial charge in [0.1, 0.15) is 5.75 Å². The Kier molecular flexibility index (Phi) is 4.85. The third-order valence-corrected chi connectivity index (χ3v) is 5.79. The number of benzene rings is 3. The molecule has 0 bridgehead atoms. The van der Waals surface area contributed by atoms with Crippen LogP contribution < -0.4 is 10.1 Å². The summed E-state index contributed by atoms with van der Waals surface area (Å²) in [6.45, 7) is 3.93. The second-order valence-corrected chi connectivity index (χ2v) is 7.75. The average Bonchev–Trinajstić information content (AvgIpc) is 2.79. The smallest absolute Gasteiger partial charge is 0.262 e. The Morgan fingerprint density at radius 3 is 2.63 bits per heavy atom. The highest BCUT2D eigenvalue weighted by Gasteiger charge is 2.24. The van der Waals surface area contributed by atoms with Crippen LogP contribution in [0.15, 0.2) is 60.7 Å². The molecule has 0 radical (unpaired) electrons. The number of amides is 2. The van der Waals surface area contributed by atoms with Crippen molar-refractivity contribution in [1.29, 1.82) is 0 Å². The summed E-state index contributed by atoms with van der Waals surface area (Å²) in [6, 6.07) is 20.1. The first-order valence-corrected chi connectivity index (χ1v) is 10.2. The number of hydrogen-bond donors (Lipinski definition) is 1. The summed E-state index contributed by atoms with van der Waals surface area (Å²) in [5, 5.41) is 5.31. The Balaban J connectivity index is 1.24. The van der Waals surface area contributed by atoms with Gasteiger partial charge in [-0.1, -0.05) is 42.5 Å². The molecule has 6 nitrogen and oxygen atoms in total. The molecule has 3 aromatic carbocycles. The number of carbonyl (C=O) groups excluding carboxylic acids is 2. The topological polar surface area (TPSA) is 61.9 Å². The van der Waals surface area contributed by atoms with Gasteiger partial charge < -0.3 is 15.0 Å². The fourth-order valence-electron chi connectivity index (χ4n) is 4.18. The minimum Gasteiger partial charge on any atom is -0.482 e. The molecule has 2 aliphatic heterocycles. The number of nitrogens with zero attached hydrogens (tertiary/aromatic N) is 2. The van der Waals surface area contributed by atoms with Gasteiger partial charge in [-0.3, -0.25) is 14.5 Å². The highest BCUT2D eigenvalue weighted by molar-refractivity contribution is 6.00. The van der Waals surface area contributed by atoms with Gasteiger partial charge in [0.25, 0.3) is 11.8 Å². The third-order valence-electron chi connectivity index (χ3n) is 5.79. The number of anilines is 1. The normalized spacial score (nSPS) is 16.7. The number of rotatable bonds is 3. The Labute approximate surface area is 175 Å². The molecule has 0 aliphatic carbocycles. The van der Waals surface area contributed by atoms with Gasteiger partial charge in [-0.05, 0) is 34.5 Å². The lowest BCUT2D eigenvalue weighted by atomic mass is 10.0.